The largest absolute Gasteiger partial charge is 0.351 e. The Kier molecular flexibility index (Phi) is 5.22. The third-order valence-corrected chi connectivity index (χ3v) is 6.01. The Balaban J connectivity index is 1.65. The fourth-order valence-electron chi connectivity index (χ4n) is 4.17. The standard InChI is InChI=1S/C25H23N5S/c1-2-18-11-13-19(14-12-18)30-24(23(28-25(30)31)20-8-3-5-15-26-20)21-9-7-17-29(21)22-10-4-6-16-27-22/h3-17,23-24H,2H2,1H3,(H,28,31)/t23-,24-/m1/s1. The first-order valence-electron chi connectivity index (χ1n) is 10.4. The lowest BCUT2D eigenvalue weighted by Crippen LogP contribution is -2.30. The van der Waals surface area contributed by atoms with E-state index in [4.69, 9.17) is 12.2 Å². The van der Waals surface area contributed by atoms with Crippen molar-refractivity contribution in [3.63, 3.8) is 0 Å². The maximum atomic E-state index is 5.83. The minimum Gasteiger partial charge on any atom is -0.351 e. The van der Waals surface area contributed by atoms with E-state index in [1.807, 2.05) is 55.0 Å². The van der Waals surface area contributed by atoms with Crippen molar-refractivity contribution in [3.05, 3.63) is 108 Å². The van der Waals surface area contributed by atoms with Crippen LogP contribution < -0.4 is 10.2 Å². The minimum atomic E-state index is -0.0862. The second-order valence-corrected chi connectivity index (χ2v) is 7.89. The van der Waals surface area contributed by atoms with E-state index in [2.05, 4.69) is 68.1 Å². The molecule has 1 aliphatic heterocycles. The van der Waals surface area contributed by atoms with Gasteiger partial charge in [-0.25, -0.2) is 4.98 Å². The van der Waals surface area contributed by atoms with E-state index in [0.29, 0.717) is 5.11 Å². The van der Waals surface area contributed by atoms with Crippen LogP contribution in [0.4, 0.5) is 5.69 Å². The molecule has 3 aromatic heterocycles. The second-order valence-electron chi connectivity index (χ2n) is 7.51. The van der Waals surface area contributed by atoms with Crippen molar-refractivity contribution in [1.29, 1.82) is 0 Å². The van der Waals surface area contributed by atoms with E-state index in [1.165, 1.54) is 5.56 Å². The molecule has 1 aromatic carbocycles. The van der Waals surface area contributed by atoms with E-state index < -0.39 is 0 Å². The van der Waals surface area contributed by atoms with Gasteiger partial charge in [0, 0.05) is 30.0 Å². The molecule has 0 amide bonds. The van der Waals surface area contributed by atoms with Crippen molar-refractivity contribution in [3.8, 4) is 5.82 Å². The van der Waals surface area contributed by atoms with Gasteiger partial charge < -0.3 is 14.8 Å². The molecule has 1 fully saturated rings. The molecule has 4 aromatic rings. The lowest BCUT2D eigenvalue weighted by atomic mass is 10.0. The number of aromatic nitrogens is 3. The minimum absolute atomic E-state index is 0.0770. The van der Waals surface area contributed by atoms with Crippen LogP contribution in [0.5, 0.6) is 0 Å². The molecule has 0 unspecified atom stereocenters. The van der Waals surface area contributed by atoms with Gasteiger partial charge >= 0.3 is 0 Å². The number of hydrogen-bond acceptors (Lipinski definition) is 3. The van der Waals surface area contributed by atoms with Gasteiger partial charge in [0.05, 0.1) is 11.7 Å². The number of benzene rings is 1. The molecule has 154 valence electrons. The van der Waals surface area contributed by atoms with Crippen LogP contribution in [0.2, 0.25) is 0 Å². The van der Waals surface area contributed by atoms with E-state index in [-0.39, 0.29) is 12.1 Å². The molecule has 1 N–H and O–H groups in total. The molecule has 5 nitrogen and oxygen atoms in total. The van der Waals surface area contributed by atoms with Gasteiger partial charge in [-0.3, -0.25) is 4.98 Å². The number of aryl methyl sites for hydroxylation is 1. The highest BCUT2D eigenvalue weighted by molar-refractivity contribution is 7.80. The van der Waals surface area contributed by atoms with Crippen LogP contribution >= 0.6 is 12.2 Å². The van der Waals surface area contributed by atoms with Crippen LogP contribution in [0.15, 0.2) is 91.4 Å². The van der Waals surface area contributed by atoms with Crippen LogP contribution in [-0.2, 0) is 6.42 Å². The highest BCUT2D eigenvalue weighted by atomic mass is 32.1. The number of pyridine rings is 2. The van der Waals surface area contributed by atoms with Crippen LogP contribution in [0.3, 0.4) is 0 Å². The lowest BCUT2D eigenvalue weighted by molar-refractivity contribution is 0.548. The Morgan fingerprint density at radius 1 is 0.903 bits per heavy atom. The van der Waals surface area contributed by atoms with Gasteiger partial charge in [0.1, 0.15) is 11.9 Å². The normalized spacial score (nSPS) is 18.2. The Labute approximate surface area is 187 Å². The summed E-state index contributed by atoms with van der Waals surface area (Å²) >= 11 is 5.83. The summed E-state index contributed by atoms with van der Waals surface area (Å²) in [7, 11) is 0. The Bertz CT molecular complexity index is 1170. The summed E-state index contributed by atoms with van der Waals surface area (Å²) in [6.45, 7) is 2.16. The third-order valence-electron chi connectivity index (χ3n) is 5.70. The number of thiocarbonyl (C=S) groups is 1. The molecule has 31 heavy (non-hydrogen) atoms. The molecule has 0 aliphatic carbocycles. The average Bonchev–Trinajstić information content (AvgIpc) is 3.44. The van der Waals surface area contributed by atoms with E-state index in [0.717, 1.165) is 29.3 Å². The smallest absolute Gasteiger partial charge is 0.174 e. The number of anilines is 1. The fourth-order valence-corrected chi connectivity index (χ4v) is 4.51. The van der Waals surface area contributed by atoms with Gasteiger partial charge in [-0.2, -0.15) is 0 Å². The van der Waals surface area contributed by atoms with Crippen LogP contribution in [0, 0.1) is 0 Å². The van der Waals surface area contributed by atoms with E-state index >= 15 is 0 Å². The topological polar surface area (TPSA) is 46.0 Å². The molecule has 0 bridgehead atoms. The molecule has 0 spiro atoms. The summed E-state index contributed by atoms with van der Waals surface area (Å²) < 4.78 is 2.13. The average molecular weight is 426 g/mol. The zero-order valence-electron chi connectivity index (χ0n) is 17.2. The molecule has 6 heteroatoms. The SMILES string of the molecule is CCc1ccc(N2C(=S)N[C@H](c3ccccn3)[C@H]2c2cccn2-c2ccccn2)cc1. The van der Waals surface area contributed by atoms with Crippen molar-refractivity contribution in [2.45, 2.75) is 25.4 Å². The number of nitrogens with zero attached hydrogens (tertiary/aromatic N) is 4. The van der Waals surface area contributed by atoms with Gasteiger partial charge in [0.2, 0.25) is 0 Å². The molecule has 5 rings (SSSR count). The van der Waals surface area contributed by atoms with E-state index in [9.17, 15) is 0 Å². The molecular weight excluding hydrogens is 402 g/mol. The van der Waals surface area contributed by atoms with Gasteiger partial charge in [0.15, 0.2) is 5.11 Å². The summed E-state index contributed by atoms with van der Waals surface area (Å²) in [4.78, 5) is 11.4. The van der Waals surface area contributed by atoms with Crippen molar-refractivity contribution in [2.24, 2.45) is 0 Å². The predicted molar refractivity (Wildman–Crippen MR) is 127 cm³/mol. The first-order valence-corrected chi connectivity index (χ1v) is 10.9. The molecular formula is C25H23N5S. The Hall–Kier alpha value is -3.51. The first kappa shape index (κ1) is 19.5. The van der Waals surface area contributed by atoms with Crippen molar-refractivity contribution >= 4 is 23.0 Å². The third kappa shape index (κ3) is 3.59. The maximum Gasteiger partial charge on any atom is 0.174 e. The van der Waals surface area contributed by atoms with Crippen molar-refractivity contribution in [2.75, 3.05) is 4.90 Å². The van der Waals surface area contributed by atoms with Gasteiger partial charge in [0.25, 0.3) is 0 Å². The maximum absolute atomic E-state index is 5.83. The van der Waals surface area contributed by atoms with Crippen molar-refractivity contribution < 1.29 is 0 Å². The first-order chi connectivity index (χ1) is 15.3. The lowest BCUT2D eigenvalue weighted by Gasteiger charge is -2.29. The zero-order valence-corrected chi connectivity index (χ0v) is 18.0. The highest BCUT2D eigenvalue weighted by Crippen LogP contribution is 2.42. The number of hydrogen-bond donors (Lipinski definition) is 1. The van der Waals surface area contributed by atoms with Gasteiger partial charge in [-0.15, -0.1) is 0 Å². The molecule has 1 saturated heterocycles. The molecule has 0 saturated carbocycles. The summed E-state index contributed by atoms with van der Waals surface area (Å²) in [5.74, 6) is 0.876. The Morgan fingerprint density at radius 2 is 1.68 bits per heavy atom. The molecule has 2 atom stereocenters. The van der Waals surface area contributed by atoms with E-state index in [1.54, 1.807) is 0 Å². The zero-order chi connectivity index (χ0) is 21.2. The Morgan fingerprint density at radius 3 is 2.35 bits per heavy atom. The molecule has 0 radical (unpaired) electrons. The van der Waals surface area contributed by atoms with Crippen molar-refractivity contribution in [1.82, 2.24) is 19.9 Å². The van der Waals surface area contributed by atoms with Gasteiger partial charge in [-0.1, -0.05) is 31.2 Å². The summed E-state index contributed by atoms with van der Waals surface area (Å²) in [6.07, 6.45) is 6.69. The summed E-state index contributed by atoms with van der Waals surface area (Å²) in [5, 5.41) is 4.22. The number of nitrogens with one attached hydrogen (secondary N) is 1. The quantitative estimate of drug-likeness (QED) is 0.456. The predicted octanol–water partition coefficient (Wildman–Crippen LogP) is 5.01. The van der Waals surface area contributed by atoms with Crippen LogP contribution in [0.1, 0.15) is 36.0 Å². The number of rotatable bonds is 5. The monoisotopic (exact) mass is 425 g/mol. The summed E-state index contributed by atoms with van der Waals surface area (Å²) in [5.41, 5.74) is 4.42. The second kappa shape index (κ2) is 8.32. The summed E-state index contributed by atoms with van der Waals surface area (Å²) in [6, 6.07) is 24.6. The fraction of sp³-hybridized carbons (Fsp3) is 0.160. The van der Waals surface area contributed by atoms with Crippen LogP contribution in [-0.4, -0.2) is 19.6 Å². The highest BCUT2D eigenvalue weighted by Gasteiger charge is 2.42. The molecule has 1 aliphatic rings. The van der Waals surface area contributed by atoms with Crippen LogP contribution in [0.25, 0.3) is 5.82 Å². The molecule has 4 heterocycles. The van der Waals surface area contributed by atoms with Gasteiger partial charge in [-0.05, 0) is 72.7 Å².